The predicted molar refractivity (Wildman–Crippen MR) is 59.7 cm³/mol. The molecule has 1 heterocycles. The van der Waals surface area contributed by atoms with Crippen LogP contribution in [-0.4, -0.2) is 23.8 Å². The first-order chi connectivity index (χ1) is 6.58. The summed E-state index contributed by atoms with van der Waals surface area (Å²) in [4.78, 5) is 2.32. The number of nitrogens with zero attached hydrogens (tertiary/aromatic N) is 1. The molecule has 1 N–H and O–H groups in total. The minimum Gasteiger partial charge on any atom is -0.360 e. The molecule has 80 valence electrons. The molecular weight excluding hydrogens is 172 g/mol. The van der Waals surface area contributed by atoms with E-state index >= 15 is 0 Å². The quantitative estimate of drug-likeness (QED) is 0.504. The van der Waals surface area contributed by atoms with Gasteiger partial charge in [0.2, 0.25) is 0 Å². The molecule has 0 spiro atoms. The molecule has 1 aliphatic carbocycles. The number of rotatable bonds is 1. The first kappa shape index (κ1) is 10.0. The van der Waals surface area contributed by atoms with E-state index in [4.69, 9.17) is 5.41 Å². The van der Waals surface area contributed by atoms with Crippen LogP contribution >= 0.6 is 0 Å². The maximum atomic E-state index is 8.19. The third kappa shape index (κ3) is 1.94. The summed E-state index contributed by atoms with van der Waals surface area (Å²) >= 11 is 0. The van der Waals surface area contributed by atoms with Gasteiger partial charge in [0.25, 0.3) is 0 Å². The number of amidine groups is 1. The second-order valence-electron chi connectivity index (χ2n) is 5.70. The van der Waals surface area contributed by atoms with Crippen LogP contribution in [0.1, 0.15) is 46.0 Å². The molecule has 1 saturated heterocycles. The van der Waals surface area contributed by atoms with Gasteiger partial charge in [-0.2, -0.15) is 0 Å². The Morgan fingerprint density at radius 2 is 1.93 bits per heavy atom. The van der Waals surface area contributed by atoms with Gasteiger partial charge in [-0.25, -0.2) is 0 Å². The summed E-state index contributed by atoms with van der Waals surface area (Å²) in [5.74, 6) is 1.52. The van der Waals surface area contributed by atoms with Crippen LogP contribution in [0.3, 0.4) is 0 Å². The maximum absolute atomic E-state index is 8.19. The lowest BCUT2D eigenvalue weighted by molar-refractivity contribution is 0.365. The van der Waals surface area contributed by atoms with Crippen molar-refractivity contribution < 1.29 is 0 Å². The van der Waals surface area contributed by atoms with Crippen LogP contribution in [0.15, 0.2) is 0 Å². The molecule has 0 amide bonds. The van der Waals surface area contributed by atoms with Crippen LogP contribution in [0.4, 0.5) is 0 Å². The fraction of sp³-hybridized carbons (Fsp3) is 0.917. The predicted octanol–water partition coefficient (Wildman–Crippen LogP) is 2.89. The molecule has 0 aromatic rings. The summed E-state index contributed by atoms with van der Waals surface area (Å²) in [6, 6.07) is 0. The minimum atomic E-state index is 0.435. The molecule has 2 fully saturated rings. The summed E-state index contributed by atoms with van der Waals surface area (Å²) in [5, 5.41) is 8.19. The first-order valence-corrected chi connectivity index (χ1v) is 5.92. The van der Waals surface area contributed by atoms with Crippen LogP contribution in [0, 0.1) is 16.7 Å². The normalized spacial score (nSPS) is 27.1. The Balaban J connectivity index is 1.92. The molecule has 0 aromatic carbocycles. The lowest BCUT2D eigenvalue weighted by Crippen LogP contribution is -2.33. The van der Waals surface area contributed by atoms with Crippen molar-refractivity contribution in [3.05, 3.63) is 0 Å². The van der Waals surface area contributed by atoms with Crippen molar-refractivity contribution in [1.82, 2.24) is 4.90 Å². The highest BCUT2D eigenvalue weighted by Crippen LogP contribution is 2.33. The summed E-state index contributed by atoms with van der Waals surface area (Å²) in [5.41, 5.74) is 0.435. The number of hydrogen-bond donors (Lipinski definition) is 1. The van der Waals surface area contributed by atoms with Gasteiger partial charge in [-0.15, -0.1) is 0 Å². The minimum absolute atomic E-state index is 0.435. The van der Waals surface area contributed by atoms with E-state index in [-0.39, 0.29) is 0 Å². The zero-order valence-corrected chi connectivity index (χ0v) is 9.47. The average molecular weight is 194 g/mol. The van der Waals surface area contributed by atoms with E-state index in [1.165, 1.54) is 32.1 Å². The Labute approximate surface area is 87.2 Å². The van der Waals surface area contributed by atoms with Crippen LogP contribution in [0.2, 0.25) is 0 Å². The topological polar surface area (TPSA) is 27.1 Å². The number of hydrogen-bond acceptors (Lipinski definition) is 1. The Morgan fingerprint density at radius 1 is 1.29 bits per heavy atom. The van der Waals surface area contributed by atoms with Gasteiger partial charge in [-0.05, 0) is 24.7 Å². The fourth-order valence-electron chi connectivity index (χ4n) is 2.78. The second kappa shape index (κ2) is 3.56. The summed E-state index contributed by atoms with van der Waals surface area (Å²) in [6.45, 7) is 6.84. The first-order valence-electron chi connectivity index (χ1n) is 5.92. The number of likely N-dealkylation sites (tertiary alicyclic amines) is 1. The van der Waals surface area contributed by atoms with Crippen LogP contribution in [-0.2, 0) is 0 Å². The number of nitrogens with one attached hydrogen (secondary N) is 1. The third-order valence-electron chi connectivity index (χ3n) is 3.76. The van der Waals surface area contributed by atoms with E-state index in [9.17, 15) is 0 Å². The maximum Gasteiger partial charge on any atom is 0.0989 e. The molecule has 2 rings (SSSR count). The Hall–Kier alpha value is -0.530. The zero-order valence-electron chi connectivity index (χ0n) is 9.47. The summed E-state index contributed by atoms with van der Waals surface area (Å²) in [7, 11) is 0. The van der Waals surface area contributed by atoms with Gasteiger partial charge in [-0.3, -0.25) is 5.41 Å². The average Bonchev–Trinajstić information content (AvgIpc) is 2.72. The molecule has 1 saturated carbocycles. The van der Waals surface area contributed by atoms with E-state index in [0.717, 1.165) is 18.9 Å². The standard InChI is InChI=1S/C12H22N2/c1-12(2)7-8-14(9-12)11(13)10-5-3-4-6-10/h10,13H,3-9H2,1-2H3. The molecule has 0 radical (unpaired) electrons. The van der Waals surface area contributed by atoms with Crippen LogP contribution in [0.5, 0.6) is 0 Å². The largest absolute Gasteiger partial charge is 0.360 e. The molecule has 1 aliphatic heterocycles. The van der Waals surface area contributed by atoms with Crippen molar-refractivity contribution in [2.45, 2.75) is 46.0 Å². The van der Waals surface area contributed by atoms with Gasteiger partial charge in [0, 0.05) is 19.0 Å². The molecule has 2 aliphatic rings. The van der Waals surface area contributed by atoms with Gasteiger partial charge in [0.1, 0.15) is 0 Å². The van der Waals surface area contributed by atoms with E-state index in [0.29, 0.717) is 11.3 Å². The molecular formula is C12H22N2. The van der Waals surface area contributed by atoms with Crippen molar-refractivity contribution in [1.29, 1.82) is 5.41 Å². The van der Waals surface area contributed by atoms with E-state index < -0.39 is 0 Å². The smallest absolute Gasteiger partial charge is 0.0989 e. The van der Waals surface area contributed by atoms with Gasteiger partial charge >= 0.3 is 0 Å². The van der Waals surface area contributed by atoms with Crippen molar-refractivity contribution >= 4 is 5.84 Å². The molecule has 0 unspecified atom stereocenters. The lowest BCUT2D eigenvalue weighted by Gasteiger charge is -2.25. The second-order valence-corrected chi connectivity index (χ2v) is 5.70. The molecule has 2 nitrogen and oxygen atoms in total. The monoisotopic (exact) mass is 194 g/mol. The highest BCUT2D eigenvalue weighted by atomic mass is 15.2. The Kier molecular flexibility index (Phi) is 2.54. The van der Waals surface area contributed by atoms with E-state index in [1.54, 1.807) is 0 Å². The van der Waals surface area contributed by atoms with E-state index in [2.05, 4.69) is 18.7 Å². The molecule has 0 aromatic heterocycles. The lowest BCUT2D eigenvalue weighted by atomic mass is 9.93. The Morgan fingerprint density at radius 3 is 2.43 bits per heavy atom. The third-order valence-corrected chi connectivity index (χ3v) is 3.76. The highest BCUT2D eigenvalue weighted by Gasteiger charge is 2.33. The Bertz CT molecular complexity index is 226. The zero-order chi connectivity index (χ0) is 10.2. The van der Waals surface area contributed by atoms with Crippen molar-refractivity contribution in [2.75, 3.05) is 13.1 Å². The molecule has 0 bridgehead atoms. The van der Waals surface area contributed by atoms with Gasteiger partial charge in [0.05, 0.1) is 5.84 Å². The van der Waals surface area contributed by atoms with Gasteiger partial charge in [-0.1, -0.05) is 26.7 Å². The highest BCUT2D eigenvalue weighted by molar-refractivity contribution is 5.82. The van der Waals surface area contributed by atoms with Crippen molar-refractivity contribution in [2.24, 2.45) is 11.3 Å². The molecule has 14 heavy (non-hydrogen) atoms. The van der Waals surface area contributed by atoms with Crippen molar-refractivity contribution in [3.63, 3.8) is 0 Å². The fourth-order valence-corrected chi connectivity index (χ4v) is 2.78. The van der Waals surface area contributed by atoms with Crippen molar-refractivity contribution in [3.8, 4) is 0 Å². The summed E-state index contributed by atoms with van der Waals surface area (Å²) < 4.78 is 0. The van der Waals surface area contributed by atoms with E-state index in [1.807, 2.05) is 0 Å². The van der Waals surface area contributed by atoms with Gasteiger partial charge in [0.15, 0.2) is 0 Å². The summed E-state index contributed by atoms with van der Waals surface area (Å²) in [6.07, 6.45) is 6.45. The SMILES string of the molecule is CC1(C)CCN(C(=N)C2CCCC2)C1. The molecule has 2 heteroatoms. The van der Waals surface area contributed by atoms with Gasteiger partial charge < -0.3 is 4.90 Å². The van der Waals surface area contributed by atoms with Crippen LogP contribution in [0.25, 0.3) is 0 Å². The molecule has 0 atom stereocenters. The van der Waals surface area contributed by atoms with Crippen LogP contribution < -0.4 is 0 Å².